The molecule has 3 rings (SSSR count). The van der Waals surface area contributed by atoms with E-state index in [1.165, 1.54) is 36.4 Å². The van der Waals surface area contributed by atoms with Crippen LogP contribution >= 0.6 is 11.6 Å². The fourth-order valence-corrected chi connectivity index (χ4v) is 2.61. The number of halogens is 4. The van der Waals surface area contributed by atoms with Crippen LogP contribution in [0.4, 0.5) is 13.2 Å². The van der Waals surface area contributed by atoms with E-state index >= 15 is 0 Å². The van der Waals surface area contributed by atoms with E-state index in [2.05, 4.69) is 10.2 Å². The number of nitrogens with one attached hydrogen (secondary N) is 1. The van der Waals surface area contributed by atoms with Crippen LogP contribution in [0.5, 0.6) is 11.5 Å². The van der Waals surface area contributed by atoms with Crippen molar-refractivity contribution in [1.82, 2.24) is 10.2 Å². The molecule has 1 aromatic heterocycles. The second kappa shape index (κ2) is 7.44. The number of alkyl halides is 3. The molecule has 1 N–H and O–H groups in total. The molecule has 140 valence electrons. The standard InChI is InChI=1S/C19H14ClF3N2O2/c1-11-8-14(24-25-18(11)26)9-12-2-7-16(19(21,22)23)17(10-12)27-15-5-3-13(20)4-6-15/h2-8,10H,9H2,1H3,(H,25,26). The molecule has 0 fully saturated rings. The van der Waals surface area contributed by atoms with Gasteiger partial charge in [0.15, 0.2) is 0 Å². The van der Waals surface area contributed by atoms with Crippen molar-refractivity contribution in [1.29, 1.82) is 0 Å². The van der Waals surface area contributed by atoms with Gasteiger partial charge in [-0.15, -0.1) is 0 Å². The van der Waals surface area contributed by atoms with E-state index in [1.807, 2.05) is 0 Å². The topological polar surface area (TPSA) is 55.0 Å². The van der Waals surface area contributed by atoms with E-state index < -0.39 is 11.7 Å². The van der Waals surface area contributed by atoms with E-state index in [0.29, 0.717) is 21.8 Å². The number of hydrogen-bond acceptors (Lipinski definition) is 3. The van der Waals surface area contributed by atoms with Crippen molar-refractivity contribution >= 4 is 11.6 Å². The largest absolute Gasteiger partial charge is 0.457 e. The Balaban J connectivity index is 1.95. The summed E-state index contributed by atoms with van der Waals surface area (Å²) in [5, 5.41) is 6.72. The molecule has 0 bridgehead atoms. The zero-order chi connectivity index (χ0) is 19.6. The maximum atomic E-state index is 13.3. The van der Waals surface area contributed by atoms with Crippen molar-refractivity contribution < 1.29 is 17.9 Å². The van der Waals surface area contributed by atoms with E-state index in [1.54, 1.807) is 13.0 Å². The Hall–Kier alpha value is -2.80. The van der Waals surface area contributed by atoms with Gasteiger partial charge < -0.3 is 4.74 Å². The fraction of sp³-hybridized carbons (Fsp3) is 0.158. The third-order valence-electron chi connectivity index (χ3n) is 3.82. The molecule has 0 spiro atoms. The highest BCUT2D eigenvalue weighted by molar-refractivity contribution is 6.30. The summed E-state index contributed by atoms with van der Waals surface area (Å²) in [7, 11) is 0. The first-order chi connectivity index (χ1) is 12.7. The summed E-state index contributed by atoms with van der Waals surface area (Å²) in [6, 6.07) is 11.3. The van der Waals surface area contributed by atoms with Gasteiger partial charge in [-0.2, -0.15) is 18.3 Å². The summed E-state index contributed by atoms with van der Waals surface area (Å²) in [6.45, 7) is 1.63. The Morgan fingerprint density at radius 3 is 2.44 bits per heavy atom. The summed E-state index contributed by atoms with van der Waals surface area (Å²) in [6.07, 6.45) is -4.32. The second-order valence-corrected chi connectivity index (χ2v) is 6.37. The molecule has 2 aromatic carbocycles. The highest BCUT2D eigenvalue weighted by atomic mass is 35.5. The third kappa shape index (κ3) is 4.68. The van der Waals surface area contributed by atoms with E-state index in [9.17, 15) is 18.0 Å². The van der Waals surface area contributed by atoms with Crippen LogP contribution in [0, 0.1) is 6.92 Å². The molecule has 1 heterocycles. The quantitative estimate of drug-likeness (QED) is 0.667. The number of aryl methyl sites for hydroxylation is 1. The van der Waals surface area contributed by atoms with Crippen molar-refractivity contribution in [2.24, 2.45) is 0 Å². The van der Waals surface area contributed by atoms with E-state index in [0.717, 1.165) is 6.07 Å². The van der Waals surface area contributed by atoms with Gasteiger partial charge in [-0.1, -0.05) is 17.7 Å². The molecule has 3 aromatic rings. The number of nitrogens with zero attached hydrogens (tertiary/aromatic N) is 1. The average Bonchev–Trinajstić information content (AvgIpc) is 2.59. The molecule has 0 aliphatic carbocycles. The number of H-pyrrole nitrogens is 1. The summed E-state index contributed by atoms with van der Waals surface area (Å²) in [4.78, 5) is 11.4. The lowest BCUT2D eigenvalue weighted by molar-refractivity contribution is -0.138. The summed E-state index contributed by atoms with van der Waals surface area (Å²) < 4.78 is 45.4. The molecule has 0 saturated heterocycles. The van der Waals surface area contributed by atoms with E-state index in [-0.39, 0.29) is 23.5 Å². The first-order valence-corrected chi connectivity index (χ1v) is 8.29. The first kappa shape index (κ1) is 19.0. The predicted octanol–water partition coefficient (Wildman–Crippen LogP) is 5.13. The summed E-state index contributed by atoms with van der Waals surface area (Å²) in [5.41, 5.74) is 0.379. The van der Waals surface area contributed by atoms with Gasteiger partial charge in [0.2, 0.25) is 0 Å². The maximum absolute atomic E-state index is 13.3. The van der Waals surface area contributed by atoms with Gasteiger partial charge in [0.25, 0.3) is 5.56 Å². The monoisotopic (exact) mass is 394 g/mol. The van der Waals surface area contributed by atoms with Crippen LogP contribution < -0.4 is 10.3 Å². The van der Waals surface area contributed by atoms with Gasteiger partial charge in [0.1, 0.15) is 11.5 Å². The first-order valence-electron chi connectivity index (χ1n) is 7.91. The molecule has 0 radical (unpaired) electrons. The fourth-order valence-electron chi connectivity index (χ4n) is 2.48. The molecule has 8 heteroatoms. The SMILES string of the molecule is Cc1cc(Cc2ccc(C(F)(F)F)c(Oc3ccc(Cl)cc3)c2)n[nH]c1=O. The zero-order valence-corrected chi connectivity index (χ0v) is 14.9. The van der Waals surface area contributed by atoms with Gasteiger partial charge >= 0.3 is 6.18 Å². The van der Waals surface area contributed by atoms with Crippen molar-refractivity contribution in [3.05, 3.63) is 86.3 Å². The van der Waals surface area contributed by atoms with Gasteiger partial charge in [-0.25, -0.2) is 5.10 Å². The van der Waals surface area contributed by atoms with E-state index in [4.69, 9.17) is 16.3 Å². The van der Waals surface area contributed by atoms with Gasteiger partial charge in [0, 0.05) is 17.0 Å². The number of ether oxygens (including phenoxy) is 1. The lowest BCUT2D eigenvalue weighted by Gasteiger charge is -2.15. The Morgan fingerprint density at radius 1 is 1.11 bits per heavy atom. The zero-order valence-electron chi connectivity index (χ0n) is 14.1. The van der Waals surface area contributed by atoms with Crippen molar-refractivity contribution in [3.8, 4) is 11.5 Å². The molecular weight excluding hydrogens is 381 g/mol. The Morgan fingerprint density at radius 2 is 1.81 bits per heavy atom. The van der Waals surface area contributed by atoms with Crippen molar-refractivity contribution in [2.45, 2.75) is 19.5 Å². The lowest BCUT2D eigenvalue weighted by Crippen LogP contribution is -2.13. The summed E-state index contributed by atoms with van der Waals surface area (Å²) in [5.74, 6) is -0.0801. The van der Waals surface area contributed by atoms with Crippen molar-refractivity contribution in [2.75, 3.05) is 0 Å². The smallest absolute Gasteiger partial charge is 0.419 e. The maximum Gasteiger partial charge on any atom is 0.419 e. The molecule has 0 aliphatic rings. The molecule has 0 amide bonds. The molecule has 0 aliphatic heterocycles. The third-order valence-corrected chi connectivity index (χ3v) is 4.07. The highest BCUT2D eigenvalue weighted by Crippen LogP contribution is 2.39. The molecule has 0 saturated carbocycles. The Bertz CT molecular complexity index is 1010. The number of hydrogen-bond donors (Lipinski definition) is 1. The summed E-state index contributed by atoms with van der Waals surface area (Å²) >= 11 is 5.79. The minimum Gasteiger partial charge on any atom is -0.457 e. The molecular formula is C19H14ClF3N2O2. The Kier molecular flexibility index (Phi) is 5.23. The van der Waals surface area contributed by atoms with Crippen LogP contribution in [0.1, 0.15) is 22.4 Å². The highest BCUT2D eigenvalue weighted by Gasteiger charge is 2.34. The lowest BCUT2D eigenvalue weighted by atomic mass is 10.0. The van der Waals surface area contributed by atoms with Crippen LogP contribution in [0.25, 0.3) is 0 Å². The predicted molar refractivity (Wildman–Crippen MR) is 95.4 cm³/mol. The van der Waals surface area contributed by atoms with Crippen LogP contribution in [-0.4, -0.2) is 10.2 Å². The molecule has 27 heavy (non-hydrogen) atoms. The number of aromatic amines is 1. The Labute approximate surface area is 157 Å². The number of benzene rings is 2. The van der Waals surface area contributed by atoms with Gasteiger partial charge in [-0.3, -0.25) is 4.79 Å². The van der Waals surface area contributed by atoms with Crippen LogP contribution in [0.3, 0.4) is 0 Å². The van der Waals surface area contributed by atoms with Crippen molar-refractivity contribution in [3.63, 3.8) is 0 Å². The molecule has 0 unspecified atom stereocenters. The van der Waals surface area contributed by atoms with Crippen LogP contribution in [0.15, 0.2) is 53.3 Å². The van der Waals surface area contributed by atoms with Crippen LogP contribution in [0.2, 0.25) is 5.02 Å². The average molecular weight is 395 g/mol. The number of aromatic nitrogens is 2. The normalized spacial score (nSPS) is 11.4. The number of rotatable bonds is 4. The van der Waals surface area contributed by atoms with Crippen LogP contribution in [-0.2, 0) is 12.6 Å². The second-order valence-electron chi connectivity index (χ2n) is 5.93. The minimum atomic E-state index is -4.56. The van der Waals surface area contributed by atoms with Gasteiger partial charge in [-0.05, 0) is 55.0 Å². The minimum absolute atomic E-state index is 0.236. The van der Waals surface area contributed by atoms with Gasteiger partial charge in [0.05, 0.1) is 11.3 Å². The molecule has 4 nitrogen and oxygen atoms in total. The molecule has 0 atom stereocenters.